The molecule has 2 aliphatic rings. The van der Waals surface area contributed by atoms with Crippen LogP contribution in [0, 0.1) is 0 Å². The van der Waals surface area contributed by atoms with Gasteiger partial charge in [0.2, 0.25) is 0 Å². The standard InChI is InChI=1S/C14H26N2O3/c1-13(2,3)19-12(17)16-10-8-15(9-11-16)7-6-14(18)4-5-14/h18H,4-11H2,1-3H3. The van der Waals surface area contributed by atoms with Gasteiger partial charge in [0.15, 0.2) is 0 Å². The predicted molar refractivity (Wildman–Crippen MR) is 73.0 cm³/mol. The smallest absolute Gasteiger partial charge is 0.410 e. The fourth-order valence-corrected chi connectivity index (χ4v) is 2.24. The van der Waals surface area contributed by atoms with Crippen LogP contribution in [-0.4, -0.2) is 64.9 Å². The van der Waals surface area contributed by atoms with Crippen LogP contribution in [0.4, 0.5) is 4.79 Å². The molecule has 0 atom stereocenters. The molecule has 0 spiro atoms. The van der Waals surface area contributed by atoms with Crippen molar-refractivity contribution >= 4 is 6.09 Å². The van der Waals surface area contributed by atoms with Gasteiger partial charge in [0, 0.05) is 32.7 Å². The fraction of sp³-hybridized carbons (Fsp3) is 0.929. The highest BCUT2D eigenvalue weighted by Crippen LogP contribution is 2.38. The lowest BCUT2D eigenvalue weighted by atomic mass is 10.2. The Bertz CT molecular complexity index is 326. The predicted octanol–water partition coefficient (Wildman–Crippen LogP) is 1.45. The number of amides is 1. The normalized spacial score (nSPS) is 23.3. The molecule has 1 saturated carbocycles. The summed E-state index contributed by atoms with van der Waals surface area (Å²) < 4.78 is 5.37. The highest BCUT2D eigenvalue weighted by atomic mass is 16.6. The second-order valence-corrected chi connectivity index (χ2v) is 6.78. The van der Waals surface area contributed by atoms with E-state index < -0.39 is 5.60 Å². The van der Waals surface area contributed by atoms with Crippen molar-refractivity contribution in [2.45, 2.75) is 51.2 Å². The molecule has 19 heavy (non-hydrogen) atoms. The van der Waals surface area contributed by atoms with E-state index in [-0.39, 0.29) is 11.7 Å². The first kappa shape index (κ1) is 14.6. The van der Waals surface area contributed by atoms with Crippen LogP contribution in [-0.2, 0) is 4.74 Å². The Morgan fingerprint density at radius 1 is 1.21 bits per heavy atom. The van der Waals surface area contributed by atoms with Gasteiger partial charge in [0.25, 0.3) is 0 Å². The highest BCUT2D eigenvalue weighted by molar-refractivity contribution is 5.68. The first-order chi connectivity index (χ1) is 8.77. The van der Waals surface area contributed by atoms with E-state index in [1.54, 1.807) is 4.90 Å². The van der Waals surface area contributed by atoms with Gasteiger partial charge < -0.3 is 14.7 Å². The van der Waals surface area contributed by atoms with Crippen molar-refractivity contribution in [2.24, 2.45) is 0 Å². The minimum Gasteiger partial charge on any atom is -0.444 e. The van der Waals surface area contributed by atoms with Gasteiger partial charge in [-0.15, -0.1) is 0 Å². The van der Waals surface area contributed by atoms with Crippen LogP contribution >= 0.6 is 0 Å². The number of hydrogen-bond acceptors (Lipinski definition) is 4. The Kier molecular flexibility index (Phi) is 4.06. The summed E-state index contributed by atoms with van der Waals surface area (Å²) in [6, 6.07) is 0. The Hall–Kier alpha value is -0.810. The van der Waals surface area contributed by atoms with Gasteiger partial charge >= 0.3 is 6.09 Å². The fourth-order valence-electron chi connectivity index (χ4n) is 2.24. The van der Waals surface area contributed by atoms with Crippen LogP contribution in [0.2, 0.25) is 0 Å². The summed E-state index contributed by atoms with van der Waals surface area (Å²) >= 11 is 0. The van der Waals surface area contributed by atoms with Crippen LogP contribution in [0.25, 0.3) is 0 Å². The number of carbonyl (C=O) groups excluding carboxylic acids is 1. The SMILES string of the molecule is CC(C)(C)OC(=O)N1CCN(CCC2(O)CC2)CC1. The molecule has 0 unspecified atom stereocenters. The van der Waals surface area contributed by atoms with Crippen molar-refractivity contribution in [3.8, 4) is 0 Å². The number of ether oxygens (including phenoxy) is 1. The highest BCUT2D eigenvalue weighted by Gasteiger charge is 2.40. The van der Waals surface area contributed by atoms with E-state index in [1.807, 2.05) is 20.8 Å². The summed E-state index contributed by atoms with van der Waals surface area (Å²) in [7, 11) is 0. The molecule has 2 rings (SSSR count). The molecule has 110 valence electrons. The van der Waals surface area contributed by atoms with Gasteiger partial charge in [-0.25, -0.2) is 4.79 Å². The maximum atomic E-state index is 11.9. The van der Waals surface area contributed by atoms with E-state index in [0.717, 1.165) is 38.9 Å². The van der Waals surface area contributed by atoms with Gasteiger partial charge in [-0.1, -0.05) is 0 Å². The van der Waals surface area contributed by atoms with Crippen LogP contribution in [0.15, 0.2) is 0 Å². The molecule has 5 heteroatoms. The monoisotopic (exact) mass is 270 g/mol. The van der Waals surface area contributed by atoms with Gasteiger partial charge in [-0.05, 0) is 40.0 Å². The zero-order chi connectivity index (χ0) is 14.1. The number of hydrogen-bond donors (Lipinski definition) is 1. The number of nitrogens with zero attached hydrogens (tertiary/aromatic N) is 2. The van der Waals surface area contributed by atoms with Crippen molar-refractivity contribution in [1.29, 1.82) is 0 Å². The zero-order valence-corrected chi connectivity index (χ0v) is 12.3. The lowest BCUT2D eigenvalue weighted by Gasteiger charge is -2.35. The molecule has 2 fully saturated rings. The minimum atomic E-state index is -0.427. The van der Waals surface area contributed by atoms with Gasteiger partial charge in [-0.2, -0.15) is 0 Å². The molecular formula is C14H26N2O3. The van der Waals surface area contributed by atoms with Gasteiger partial charge in [0.1, 0.15) is 5.60 Å². The second kappa shape index (κ2) is 5.29. The summed E-state index contributed by atoms with van der Waals surface area (Å²) in [4.78, 5) is 16.0. The van der Waals surface area contributed by atoms with Gasteiger partial charge in [-0.3, -0.25) is 4.90 Å². The molecule has 1 aliphatic carbocycles. The average molecular weight is 270 g/mol. The van der Waals surface area contributed by atoms with Crippen molar-refractivity contribution in [3.05, 3.63) is 0 Å². The molecule has 0 radical (unpaired) electrons. The number of carbonyl (C=O) groups is 1. The third kappa shape index (κ3) is 4.66. The number of piperazine rings is 1. The first-order valence-electron chi connectivity index (χ1n) is 7.20. The lowest BCUT2D eigenvalue weighted by Crippen LogP contribution is -2.50. The molecule has 1 aliphatic heterocycles. The quantitative estimate of drug-likeness (QED) is 0.843. The Morgan fingerprint density at radius 2 is 1.79 bits per heavy atom. The van der Waals surface area contributed by atoms with E-state index >= 15 is 0 Å². The molecule has 1 amide bonds. The van der Waals surface area contributed by atoms with Crippen LogP contribution in [0.1, 0.15) is 40.0 Å². The average Bonchev–Trinajstić information content (AvgIpc) is 3.04. The van der Waals surface area contributed by atoms with E-state index in [2.05, 4.69) is 4.90 Å². The van der Waals surface area contributed by atoms with E-state index in [0.29, 0.717) is 13.1 Å². The van der Waals surface area contributed by atoms with Crippen molar-refractivity contribution < 1.29 is 14.6 Å². The first-order valence-corrected chi connectivity index (χ1v) is 7.20. The van der Waals surface area contributed by atoms with Crippen LogP contribution < -0.4 is 0 Å². The number of aliphatic hydroxyl groups is 1. The lowest BCUT2D eigenvalue weighted by molar-refractivity contribution is 0.0128. The van der Waals surface area contributed by atoms with Gasteiger partial charge in [0.05, 0.1) is 5.60 Å². The summed E-state index contributed by atoms with van der Waals surface area (Å²) in [6.07, 6.45) is 2.54. The van der Waals surface area contributed by atoms with Crippen LogP contribution in [0.3, 0.4) is 0 Å². The topological polar surface area (TPSA) is 53.0 Å². The molecule has 1 heterocycles. The third-order valence-corrected chi connectivity index (χ3v) is 3.74. The molecule has 1 N–H and O–H groups in total. The van der Waals surface area contributed by atoms with Crippen molar-refractivity contribution in [2.75, 3.05) is 32.7 Å². The van der Waals surface area contributed by atoms with E-state index in [1.165, 1.54) is 0 Å². The van der Waals surface area contributed by atoms with Crippen LogP contribution in [0.5, 0.6) is 0 Å². The van der Waals surface area contributed by atoms with Crippen molar-refractivity contribution in [1.82, 2.24) is 9.80 Å². The maximum Gasteiger partial charge on any atom is 0.410 e. The summed E-state index contributed by atoms with van der Waals surface area (Å²) in [5, 5.41) is 9.82. The zero-order valence-electron chi connectivity index (χ0n) is 12.3. The largest absolute Gasteiger partial charge is 0.444 e. The minimum absolute atomic E-state index is 0.215. The van der Waals surface area contributed by atoms with E-state index in [9.17, 15) is 9.90 Å². The Labute approximate surface area is 115 Å². The van der Waals surface area contributed by atoms with E-state index in [4.69, 9.17) is 4.74 Å². The molecule has 0 aromatic heterocycles. The van der Waals surface area contributed by atoms with Crippen molar-refractivity contribution in [3.63, 3.8) is 0 Å². The molecule has 0 aromatic rings. The maximum absolute atomic E-state index is 11.9. The molecule has 5 nitrogen and oxygen atoms in total. The number of rotatable bonds is 3. The second-order valence-electron chi connectivity index (χ2n) is 6.78. The summed E-state index contributed by atoms with van der Waals surface area (Å²) in [5.41, 5.74) is -0.800. The Balaban J connectivity index is 1.68. The molecule has 0 aromatic carbocycles. The Morgan fingerprint density at radius 3 is 2.26 bits per heavy atom. The molecule has 0 bridgehead atoms. The molecule has 1 saturated heterocycles. The summed E-state index contributed by atoms with van der Waals surface area (Å²) in [6.45, 7) is 9.76. The summed E-state index contributed by atoms with van der Waals surface area (Å²) in [5.74, 6) is 0. The molecular weight excluding hydrogens is 244 g/mol. The third-order valence-electron chi connectivity index (χ3n) is 3.74.